The molecule has 0 aliphatic heterocycles. The molecule has 0 atom stereocenters. The molecule has 1 aliphatic carbocycles. The zero-order chi connectivity index (χ0) is 10.3. The van der Waals surface area contributed by atoms with E-state index in [-0.39, 0.29) is 5.54 Å². The van der Waals surface area contributed by atoms with Gasteiger partial charge in [-0.25, -0.2) is 4.98 Å². The van der Waals surface area contributed by atoms with Crippen molar-refractivity contribution in [2.24, 2.45) is 5.73 Å². The second kappa shape index (κ2) is 3.40. The van der Waals surface area contributed by atoms with Gasteiger partial charge < -0.3 is 5.73 Å². The van der Waals surface area contributed by atoms with Gasteiger partial charge in [0.15, 0.2) is 0 Å². The summed E-state index contributed by atoms with van der Waals surface area (Å²) in [4.78, 5) is 5.90. The summed E-state index contributed by atoms with van der Waals surface area (Å²) in [7, 11) is 0. The fourth-order valence-corrected chi connectivity index (χ4v) is 3.57. The third-order valence-electron chi connectivity index (χ3n) is 2.99. The van der Waals surface area contributed by atoms with Gasteiger partial charge in [-0.1, -0.05) is 6.07 Å². The van der Waals surface area contributed by atoms with Gasteiger partial charge in [0.2, 0.25) is 0 Å². The normalized spacial score (nSPS) is 18.7. The molecule has 2 nitrogen and oxygen atoms in total. The largest absolute Gasteiger partial charge is 0.320 e. The zero-order valence-corrected chi connectivity index (χ0v) is 9.90. The molecular weight excluding hydrogens is 224 g/mol. The van der Waals surface area contributed by atoms with Gasteiger partial charge in [-0.15, -0.1) is 22.7 Å². The van der Waals surface area contributed by atoms with Crippen LogP contribution >= 0.6 is 22.7 Å². The van der Waals surface area contributed by atoms with Gasteiger partial charge in [-0.3, -0.25) is 0 Å². The van der Waals surface area contributed by atoms with Gasteiger partial charge in [0, 0.05) is 5.38 Å². The summed E-state index contributed by atoms with van der Waals surface area (Å²) >= 11 is 3.44. The molecular formula is C11H12N2S2. The highest BCUT2D eigenvalue weighted by Gasteiger charge is 2.36. The molecule has 0 radical (unpaired) electrons. The molecule has 2 aromatic heterocycles. The lowest BCUT2D eigenvalue weighted by Gasteiger charge is -2.36. The predicted molar refractivity (Wildman–Crippen MR) is 65.1 cm³/mol. The van der Waals surface area contributed by atoms with Crippen molar-refractivity contribution in [3.63, 3.8) is 0 Å². The summed E-state index contributed by atoms with van der Waals surface area (Å²) in [6, 6.07) is 4.17. The predicted octanol–water partition coefficient (Wildman–Crippen LogP) is 3.21. The van der Waals surface area contributed by atoms with Crippen molar-refractivity contribution in [3.05, 3.63) is 28.6 Å². The highest BCUT2D eigenvalue weighted by molar-refractivity contribution is 7.20. The molecule has 1 fully saturated rings. The second-order valence-corrected chi connectivity index (χ2v) is 5.83. The van der Waals surface area contributed by atoms with Crippen LogP contribution in [0.4, 0.5) is 0 Å². The van der Waals surface area contributed by atoms with E-state index < -0.39 is 0 Å². The molecule has 0 spiro atoms. The summed E-state index contributed by atoms with van der Waals surface area (Å²) < 4.78 is 0. The average molecular weight is 236 g/mol. The molecule has 78 valence electrons. The number of rotatable bonds is 2. The van der Waals surface area contributed by atoms with E-state index in [4.69, 9.17) is 5.73 Å². The summed E-state index contributed by atoms with van der Waals surface area (Å²) in [5.41, 5.74) is 7.20. The molecule has 0 bridgehead atoms. The number of hydrogen-bond donors (Lipinski definition) is 1. The number of thiazole rings is 1. The first-order chi connectivity index (χ1) is 7.28. The first-order valence-electron chi connectivity index (χ1n) is 5.07. The van der Waals surface area contributed by atoms with Gasteiger partial charge >= 0.3 is 0 Å². The smallest absolute Gasteiger partial charge is 0.133 e. The Morgan fingerprint density at radius 2 is 2.20 bits per heavy atom. The number of thiophene rings is 1. The van der Waals surface area contributed by atoms with Gasteiger partial charge in [0.1, 0.15) is 5.01 Å². The fourth-order valence-electron chi connectivity index (χ4n) is 1.83. The molecule has 0 amide bonds. The lowest BCUT2D eigenvalue weighted by atomic mass is 9.76. The molecule has 0 saturated heterocycles. The van der Waals surface area contributed by atoms with Crippen molar-refractivity contribution in [2.45, 2.75) is 24.8 Å². The van der Waals surface area contributed by atoms with E-state index in [1.54, 1.807) is 22.7 Å². The monoisotopic (exact) mass is 236 g/mol. The van der Waals surface area contributed by atoms with E-state index in [1.807, 2.05) is 0 Å². The van der Waals surface area contributed by atoms with Gasteiger partial charge in [0.05, 0.1) is 16.1 Å². The summed E-state index contributed by atoms with van der Waals surface area (Å²) in [6.07, 6.45) is 3.41. The second-order valence-electron chi connectivity index (χ2n) is 4.02. The first-order valence-corrected chi connectivity index (χ1v) is 6.83. The molecule has 2 N–H and O–H groups in total. The number of aromatic nitrogens is 1. The Hall–Kier alpha value is -0.710. The van der Waals surface area contributed by atoms with Crippen LogP contribution in [0.15, 0.2) is 22.9 Å². The Labute approximate surface area is 96.8 Å². The standard InChI is InChI=1S/C11H12N2S2/c12-11(4-2-5-11)9-7-15-10(13-9)8-3-1-6-14-8/h1,3,6-7H,2,4-5,12H2. The number of nitrogens with two attached hydrogens (primary N) is 1. The van der Waals surface area contributed by atoms with Gasteiger partial charge in [0.25, 0.3) is 0 Å². The number of nitrogens with zero attached hydrogens (tertiary/aromatic N) is 1. The first kappa shape index (κ1) is 9.51. The van der Waals surface area contributed by atoms with Crippen LogP contribution in [0.25, 0.3) is 9.88 Å². The quantitative estimate of drug-likeness (QED) is 0.869. The Balaban J connectivity index is 1.94. The van der Waals surface area contributed by atoms with Crippen LogP contribution in [0.1, 0.15) is 25.0 Å². The Morgan fingerprint density at radius 3 is 2.80 bits per heavy atom. The highest BCUT2D eigenvalue weighted by Crippen LogP contribution is 2.40. The zero-order valence-electron chi connectivity index (χ0n) is 8.27. The third kappa shape index (κ3) is 1.53. The summed E-state index contributed by atoms with van der Waals surface area (Å²) in [5, 5.41) is 5.31. The Kier molecular flexibility index (Phi) is 2.16. The van der Waals surface area contributed by atoms with E-state index in [9.17, 15) is 0 Å². The molecule has 4 heteroatoms. The van der Waals surface area contributed by atoms with E-state index in [1.165, 1.54) is 11.3 Å². The van der Waals surface area contributed by atoms with Crippen molar-refractivity contribution >= 4 is 22.7 Å². The van der Waals surface area contributed by atoms with E-state index in [0.29, 0.717) is 0 Å². The van der Waals surface area contributed by atoms with Crippen LogP contribution in [0.5, 0.6) is 0 Å². The van der Waals surface area contributed by atoms with Crippen LogP contribution in [-0.2, 0) is 5.54 Å². The van der Waals surface area contributed by atoms with E-state index in [2.05, 4.69) is 27.9 Å². The van der Waals surface area contributed by atoms with Gasteiger partial charge in [-0.05, 0) is 30.7 Å². The molecule has 2 heterocycles. The maximum Gasteiger partial charge on any atom is 0.133 e. The lowest BCUT2D eigenvalue weighted by Crippen LogP contribution is -2.43. The molecule has 0 unspecified atom stereocenters. The molecule has 1 saturated carbocycles. The van der Waals surface area contributed by atoms with Crippen LogP contribution in [0.2, 0.25) is 0 Å². The highest BCUT2D eigenvalue weighted by atomic mass is 32.1. The third-order valence-corrected chi connectivity index (χ3v) is 4.87. The van der Waals surface area contributed by atoms with Crippen molar-refractivity contribution < 1.29 is 0 Å². The van der Waals surface area contributed by atoms with E-state index in [0.717, 1.165) is 23.5 Å². The van der Waals surface area contributed by atoms with Crippen LogP contribution in [0.3, 0.4) is 0 Å². The van der Waals surface area contributed by atoms with Crippen LogP contribution < -0.4 is 5.73 Å². The molecule has 3 rings (SSSR count). The molecule has 1 aliphatic rings. The van der Waals surface area contributed by atoms with Crippen molar-refractivity contribution in [1.82, 2.24) is 4.98 Å². The maximum atomic E-state index is 6.24. The molecule has 15 heavy (non-hydrogen) atoms. The Morgan fingerprint density at radius 1 is 1.33 bits per heavy atom. The number of hydrogen-bond acceptors (Lipinski definition) is 4. The Bertz CT molecular complexity index is 455. The van der Waals surface area contributed by atoms with Crippen LogP contribution in [0, 0.1) is 0 Å². The average Bonchev–Trinajstić information content (AvgIpc) is 2.84. The SMILES string of the molecule is NC1(c2csc(-c3cccs3)n2)CCC1. The van der Waals surface area contributed by atoms with Gasteiger partial charge in [-0.2, -0.15) is 0 Å². The summed E-state index contributed by atoms with van der Waals surface area (Å²) in [6.45, 7) is 0. The van der Waals surface area contributed by atoms with Crippen molar-refractivity contribution in [3.8, 4) is 9.88 Å². The topological polar surface area (TPSA) is 38.9 Å². The molecule has 0 aromatic carbocycles. The molecule has 2 aromatic rings. The minimum absolute atomic E-state index is 0.119. The maximum absolute atomic E-state index is 6.24. The lowest BCUT2D eigenvalue weighted by molar-refractivity contribution is 0.247. The van der Waals surface area contributed by atoms with Crippen LogP contribution in [-0.4, -0.2) is 4.98 Å². The minimum Gasteiger partial charge on any atom is -0.320 e. The summed E-state index contributed by atoms with van der Waals surface area (Å²) in [5.74, 6) is 0. The van der Waals surface area contributed by atoms with Crippen molar-refractivity contribution in [2.75, 3.05) is 0 Å². The fraction of sp³-hybridized carbons (Fsp3) is 0.364. The van der Waals surface area contributed by atoms with Crippen molar-refractivity contribution in [1.29, 1.82) is 0 Å². The van der Waals surface area contributed by atoms with E-state index >= 15 is 0 Å². The minimum atomic E-state index is -0.119.